The van der Waals surface area contributed by atoms with Gasteiger partial charge in [-0.3, -0.25) is 0 Å². The second kappa shape index (κ2) is 5.92. The molecule has 1 aliphatic carbocycles. The second-order valence-corrected chi connectivity index (χ2v) is 6.66. The number of ether oxygens (including phenoxy) is 1. The lowest BCUT2D eigenvalue weighted by atomic mass is 9.78. The predicted molar refractivity (Wildman–Crippen MR) is 77.6 cm³/mol. The summed E-state index contributed by atoms with van der Waals surface area (Å²) in [6.45, 7) is 0.873. The van der Waals surface area contributed by atoms with Crippen LogP contribution in [0.5, 0.6) is 0 Å². The normalized spacial score (nSPS) is 26.7. The van der Waals surface area contributed by atoms with Crippen LogP contribution in [0, 0.1) is 0 Å². The lowest BCUT2D eigenvalue weighted by molar-refractivity contribution is -0.115. The molecule has 1 saturated heterocycles. The standard InChI is InChI=1S/C14H22BrN3O/c15-8-4-12-11-18(17-16-12)13-5-9-19-14(10-13)6-2-1-3-7-14/h11,13H,1-10H2. The number of alkyl halides is 1. The predicted octanol–water partition coefficient (Wildman–Crippen LogP) is 3.27. The number of aromatic nitrogens is 3. The van der Waals surface area contributed by atoms with E-state index >= 15 is 0 Å². The van der Waals surface area contributed by atoms with Crippen LogP contribution in [0.3, 0.4) is 0 Å². The number of nitrogens with zero attached hydrogens (tertiary/aromatic N) is 3. The van der Waals surface area contributed by atoms with E-state index in [1.54, 1.807) is 0 Å². The summed E-state index contributed by atoms with van der Waals surface area (Å²) in [6.07, 6.45) is 11.7. The van der Waals surface area contributed by atoms with Crippen LogP contribution in [0.1, 0.15) is 56.7 Å². The lowest BCUT2D eigenvalue weighted by Gasteiger charge is -2.43. The van der Waals surface area contributed by atoms with Gasteiger partial charge < -0.3 is 4.74 Å². The first-order valence-corrected chi connectivity index (χ1v) is 8.54. The molecule has 0 bridgehead atoms. The Morgan fingerprint density at radius 2 is 2.21 bits per heavy atom. The van der Waals surface area contributed by atoms with Crippen molar-refractivity contribution in [2.24, 2.45) is 0 Å². The molecule has 0 N–H and O–H groups in total. The van der Waals surface area contributed by atoms with Crippen molar-refractivity contribution in [2.75, 3.05) is 11.9 Å². The van der Waals surface area contributed by atoms with Crippen molar-refractivity contribution < 1.29 is 4.74 Å². The first-order valence-electron chi connectivity index (χ1n) is 7.42. The number of hydrogen-bond acceptors (Lipinski definition) is 3. The van der Waals surface area contributed by atoms with Crippen molar-refractivity contribution in [3.05, 3.63) is 11.9 Å². The monoisotopic (exact) mass is 327 g/mol. The number of hydrogen-bond donors (Lipinski definition) is 0. The highest BCUT2D eigenvalue weighted by Gasteiger charge is 2.39. The smallest absolute Gasteiger partial charge is 0.0835 e. The molecule has 1 saturated carbocycles. The van der Waals surface area contributed by atoms with Crippen LogP contribution in [-0.4, -0.2) is 32.5 Å². The van der Waals surface area contributed by atoms with Gasteiger partial charge in [0.2, 0.25) is 0 Å². The molecule has 5 heteroatoms. The minimum absolute atomic E-state index is 0.142. The summed E-state index contributed by atoms with van der Waals surface area (Å²) >= 11 is 3.45. The van der Waals surface area contributed by atoms with Crippen molar-refractivity contribution >= 4 is 15.9 Å². The number of halogens is 1. The van der Waals surface area contributed by atoms with Gasteiger partial charge >= 0.3 is 0 Å². The van der Waals surface area contributed by atoms with Gasteiger partial charge in [-0.25, -0.2) is 4.68 Å². The van der Waals surface area contributed by atoms with Gasteiger partial charge in [-0.2, -0.15) is 0 Å². The maximum atomic E-state index is 6.14. The Labute approximate surface area is 123 Å². The molecule has 1 aromatic heterocycles. The van der Waals surface area contributed by atoms with Crippen LogP contribution in [-0.2, 0) is 11.2 Å². The van der Waals surface area contributed by atoms with E-state index in [4.69, 9.17) is 4.74 Å². The highest BCUT2D eigenvalue weighted by atomic mass is 79.9. The summed E-state index contributed by atoms with van der Waals surface area (Å²) in [5, 5.41) is 9.53. The van der Waals surface area contributed by atoms with Crippen molar-refractivity contribution in [3.8, 4) is 0 Å². The van der Waals surface area contributed by atoms with Gasteiger partial charge in [-0.1, -0.05) is 40.4 Å². The molecule has 106 valence electrons. The molecule has 2 heterocycles. The van der Waals surface area contributed by atoms with Gasteiger partial charge in [0.1, 0.15) is 0 Å². The van der Waals surface area contributed by atoms with Crippen LogP contribution >= 0.6 is 15.9 Å². The highest BCUT2D eigenvalue weighted by molar-refractivity contribution is 9.09. The van der Waals surface area contributed by atoms with Gasteiger partial charge in [0.05, 0.1) is 17.3 Å². The van der Waals surface area contributed by atoms with E-state index in [1.807, 2.05) is 0 Å². The summed E-state index contributed by atoms with van der Waals surface area (Å²) in [7, 11) is 0. The van der Waals surface area contributed by atoms with Gasteiger partial charge in [0, 0.05) is 24.6 Å². The van der Waals surface area contributed by atoms with Crippen LogP contribution in [0.15, 0.2) is 6.20 Å². The summed E-state index contributed by atoms with van der Waals surface area (Å²) < 4.78 is 8.22. The minimum Gasteiger partial charge on any atom is -0.375 e. The topological polar surface area (TPSA) is 39.9 Å². The number of aryl methyl sites for hydroxylation is 1. The molecule has 1 unspecified atom stereocenters. The maximum Gasteiger partial charge on any atom is 0.0835 e. The first-order chi connectivity index (χ1) is 9.31. The van der Waals surface area contributed by atoms with Crippen LogP contribution in [0.2, 0.25) is 0 Å². The van der Waals surface area contributed by atoms with Crippen molar-refractivity contribution in [1.29, 1.82) is 0 Å². The Kier molecular flexibility index (Phi) is 4.22. The third-order valence-corrected chi connectivity index (χ3v) is 4.91. The molecule has 1 atom stereocenters. The largest absolute Gasteiger partial charge is 0.375 e. The van der Waals surface area contributed by atoms with Crippen molar-refractivity contribution in [1.82, 2.24) is 15.0 Å². The average Bonchev–Trinajstić information content (AvgIpc) is 2.89. The fraction of sp³-hybridized carbons (Fsp3) is 0.857. The Morgan fingerprint density at radius 1 is 1.37 bits per heavy atom. The molecule has 19 heavy (non-hydrogen) atoms. The SMILES string of the molecule is BrCCc1cn(C2CCOC3(CCCCC3)C2)nn1. The van der Waals surface area contributed by atoms with E-state index in [-0.39, 0.29) is 5.60 Å². The van der Waals surface area contributed by atoms with Crippen LogP contribution in [0.25, 0.3) is 0 Å². The van der Waals surface area contributed by atoms with Crippen molar-refractivity contribution in [3.63, 3.8) is 0 Å². The van der Waals surface area contributed by atoms with E-state index in [9.17, 15) is 0 Å². The zero-order valence-electron chi connectivity index (χ0n) is 11.4. The molecule has 1 spiro atoms. The summed E-state index contributed by atoms with van der Waals surface area (Å²) in [5.74, 6) is 0. The lowest BCUT2D eigenvalue weighted by Crippen LogP contribution is -2.42. The van der Waals surface area contributed by atoms with Gasteiger partial charge in [-0.05, 0) is 25.7 Å². The third kappa shape index (κ3) is 3.02. The van der Waals surface area contributed by atoms with Gasteiger partial charge in [0.25, 0.3) is 0 Å². The molecule has 0 radical (unpaired) electrons. The maximum absolute atomic E-state index is 6.14. The second-order valence-electron chi connectivity index (χ2n) is 5.87. The Hall–Kier alpha value is -0.420. The van der Waals surface area contributed by atoms with Gasteiger partial charge in [0.15, 0.2) is 0 Å². The zero-order valence-corrected chi connectivity index (χ0v) is 12.9. The molecule has 0 amide bonds. The zero-order chi connectivity index (χ0) is 13.1. The molecule has 0 aromatic carbocycles. The Bertz CT molecular complexity index is 409. The molecule has 2 fully saturated rings. The van der Waals surface area contributed by atoms with E-state index in [1.165, 1.54) is 32.1 Å². The van der Waals surface area contributed by atoms with E-state index in [0.717, 1.165) is 36.9 Å². The first kappa shape index (κ1) is 13.6. The third-order valence-electron chi connectivity index (χ3n) is 4.51. The minimum atomic E-state index is 0.142. The van der Waals surface area contributed by atoms with Gasteiger partial charge in [-0.15, -0.1) is 5.10 Å². The van der Waals surface area contributed by atoms with Crippen molar-refractivity contribution in [2.45, 2.75) is 63.0 Å². The van der Waals surface area contributed by atoms with Crippen LogP contribution in [0.4, 0.5) is 0 Å². The quantitative estimate of drug-likeness (QED) is 0.800. The van der Waals surface area contributed by atoms with E-state index in [2.05, 4.69) is 37.1 Å². The molecule has 4 nitrogen and oxygen atoms in total. The summed E-state index contributed by atoms with van der Waals surface area (Å²) in [4.78, 5) is 0. The van der Waals surface area contributed by atoms with Crippen LogP contribution < -0.4 is 0 Å². The summed E-state index contributed by atoms with van der Waals surface area (Å²) in [6, 6.07) is 0.475. The molecule has 2 aliphatic rings. The number of rotatable bonds is 3. The summed E-state index contributed by atoms with van der Waals surface area (Å²) in [5.41, 5.74) is 1.23. The Morgan fingerprint density at radius 3 is 3.00 bits per heavy atom. The molecule has 1 aliphatic heterocycles. The Balaban J connectivity index is 1.69. The van der Waals surface area contributed by atoms with E-state index in [0.29, 0.717) is 6.04 Å². The molecule has 1 aromatic rings. The average molecular weight is 328 g/mol. The fourth-order valence-corrected chi connectivity index (χ4v) is 3.88. The molecular formula is C14H22BrN3O. The van der Waals surface area contributed by atoms with E-state index < -0.39 is 0 Å². The fourth-order valence-electron chi connectivity index (χ4n) is 3.48. The molecular weight excluding hydrogens is 306 g/mol. The molecule has 3 rings (SSSR count). The highest BCUT2D eigenvalue weighted by Crippen LogP contribution is 2.41.